The van der Waals surface area contributed by atoms with Gasteiger partial charge in [-0.3, -0.25) is 0 Å². The maximum atomic E-state index is 5.83. The quantitative estimate of drug-likeness (QED) is 0.879. The Morgan fingerprint density at radius 3 is 2.65 bits per heavy atom. The molecule has 0 aromatic heterocycles. The minimum absolute atomic E-state index is 0.0743. The van der Waals surface area contributed by atoms with Gasteiger partial charge in [0.1, 0.15) is 12.4 Å². The maximum Gasteiger partial charge on any atom is 0.136 e. The van der Waals surface area contributed by atoms with Crippen LogP contribution in [0.1, 0.15) is 19.4 Å². The van der Waals surface area contributed by atoms with E-state index < -0.39 is 0 Å². The molecule has 0 aliphatic carbocycles. The zero-order valence-electron chi connectivity index (χ0n) is 10.6. The van der Waals surface area contributed by atoms with E-state index in [0.717, 1.165) is 22.2 Å². The molecule has 0 saturated heterocycles. The first-order chi connectivity index (χ1) is 8.04. The van der Waals surface area contributed by atoms with Gasteiger partial charge in [-0.05, 0) is 47.8 Å². The minimum atomic E-state index is 0.0743. The highest BCUT2D eigenvalue weighted by molar-refractivity contribution is 9.10. The fraction of sp³-hybridized carbons (Fsp3) is 0.538. The van der Waals surface area contributed by atoms with Crippen molar-refractivity contribution in [1.82, 2.24) is 0 Å². The summed E-state index contributed by atoms with van der Waals surface area (Å²) < 4.78 is 11.9. The topological polar surface area (TPSA) is 44.5 Å². The van der Waals surface area contributed by atoms with Gasteiger partial charge in [0.05, 0.1) is 10.6 Å². The number of benzene rings is 1. The molecule has 4 heteroatoms. The van der Waals surface area contributed by atoms with Gasteiger partial charge in [-0.2, -0.15) is 0 Å². The second kappa shape index (κ2) is 6.99. The van der Waals surface area contributed by atoms with Crippen LogP contribution in [0.3, 0.4) is 0 Å². The lowest BCUT2D eigenvalue weighted by Gasteiger charge is -2.17. The van der Waals surface area contributed by atoms with Gasteiger partial charge in [-0.15, -0.1) is 0 Å². The van der Waals surface area contributed by atoms with Gasteiger partial charge in [-0.25, -0.2) is 0 Å². The van der Waals surface area contributed by atoms with Crippen LogP contribution < -0.4 is 10.5 Å². The first-order valence-electron chi connectivity index (χ1n) is 5.73. The molecule has 1 rings (SSSR count). The molecule has 0 heterocycles. The molecule has 1 aromatic carbocycles. The summed E-state index contributed by atoms with van der Waals surface area (Å²) >= 11 is 3.50. The van der Waals surface area contributed by atoms with Crippen molar-refractivity contribution in [2.45, 2.75) is 32.4 Å². The highest BCUT2D eigenvalue weighted by Gasteiger charge is 2.11. The number of halogens is 1. The average molecular weight is 302 g/mol. The van der Waals surface area contributed by atoms with Crippen LogP contribution in [0, 0.1) is 0 Å². The number of nitrogens with two attached hydrogens (primary N) is 1. The molecule has 0 saturated carbocycles. The lowest BCUT2D eigenvalue weighted by Crippen LogP contribution is -2.20. The molecule has 1 aromatic rings. The lowest BCUT2D eigenvalue weighted by molar-refractivity contribution is 0.0710. The van der Waals surface area contributed by atoms with Gasteiger partial charge in [0, 0.05) is 13.2 Å². The Bertz CT molecular complexity index is 355. The van der Waals surface area contributed by atoms with Gasteiger partial charge in [0.15, 0.2) is 0 Å². The third kappa shape index (κ3) is 4.66. The van der Waals surface area contributed by atoms with Crippen LogP contribution in [0.15, 0.2) is 22.7 Å². The number of rotatable bonds is 6. The molecule has 17 heavy (non-hydrogen) atoms. The van der Waals surface area contributed by atoms with E-state index in [1.807, 2.05) is 32.0 Å². The predicted molar refractivity (Wildman–Crippen MR) is 73.5 cm³/mol. The van der Waals surface area contributed by atoms with Gasteiger partial charge in [-0.1, -0.05) is 12.1 Å². The molecule has 3 nitrogen and oxygen atoms in total. The molecular weight excluding hydrogens is 282 g/mol. The van der Waals surface area contributed by atoms with E-state index in [2.05, 4.69) is 15.9 Å². The number of methoxy groups -OCH3 is 1. The summed E-state index contributed by atoms with van der Waals surface area (Å²) in [4.78, 5) is 0. The molecule has 96 valence electrons. The lowest BCUT2D eigenvalue weighted by atomic mass is 10.1. The first-order valence-corrected chi connectivity index (χ1v) is 6.52. The molecule has 0 spiro atoms. The molecule has 2 N–H and O–H groups in total. The predicted octanol–water partition coefficient (Wildman–Crippen LogP) is 2.75. The van der Waals surface area contributed by atoms with E-state index in [0.29, 0.717) is 6.61 Å². The molecule has 0 amide bonds. The van der Waals surface area contributed by atoms with E-state index in [4.69, 9.17) is 15.2 Å². The standard InChI is InChI=1S/C13H20BrNO2/c1-9(15)7-11-5-4-6-12(14)13(11)17-8-10(2)16-3/h4-6,9-10H,7-8,15H2,1-3H3. The highest BCUT2D eigenvalue weighted by Crippen LogP contribution is 2.30. The van der Waals surface area contributed by atoms with Gasteiger partial charge in [0.25, 0.3) is 0 Å². The number of para-hydroxylation sites is 1. The summed E-state index contributed by atoms with van der Waals surface area (Å²) in [6.07, 6.45) is 0.876. The molecule has 0 bridgehead atoms. The van der Waals surface area contributed by atoms with Crippen molar-refractivity contribution in [3.05, 3.63) is 28.2 Å². The van der Waals surface area contributed by atoms with Crippen molar-refractivity contribution in [2.75, 3.05) is 13.7 Å². The fourth-order valence-corrected chi connectivity index (χ4v) is 2.01. The Balaban J connectivity index is 2.80. The summed E-state index contributed by atoms with van der Waals surface area (Å²) in [6, 6.07) is 6.12. The van der Waals surface area contributed by atoms with Crippen molar-refractivity contribution < 1.29 is 9.47 Å². The van der Waals surface area contributed by atoms with Crippen LogP contribution in [-0.2, 0) is 11.2 Å². The largest absolute Gasteiger partial charge is 0.489 e. The van der Waals surface area contributed by atoms with Crippen molar-refractivity contribution in [3.8, 4) is 5.75 Å². The van der Waals surface area contributed by atoms with E-state index >= 15 is 0 Å². The van der Waals surface area contributed by atoms with E-state index in [1.54, 1.807) is 7.11 Å². The normalized spacial score (nSPS) is 14.4. The second-order valence-electron chi connectivity index (χ2n) is 4.27. The molecule has 2 unspecified atom stereocenters. The molecule has 2 atom stereocenters. The van der Waals surface area contributed by atoms with Gasteiger partial charge in [0.2, 0.25) is 0 Å². The smallest absolute Gasteiger partial charge is 0.136 e. The highest BCUT2D eigenvalue weighted by atomic mass is 79.9. The van der Waals surface area contributed by atoms with Gasteiger partial charge >= 0.3 is 0 Å². The summed E-state index contributed by atoms with van der Waals surface area (Å²) in [5.41, 5.74) is 6.95. The Hall–Kier alpha value is -0.580. The maximum absolute atomic E-state index is 5.83. The molecule has 0 aliphatic heterocycles. The third-order valence-corrected chi connectivity index (χ3v) is 3.08. The van der Waals surface area contributed by atoms with Crippen molar-refractivity contribution in [3.63, 3.8) is 0 Å². The van der Waals surface area contributed by atoms with Crippen LogP contribution in [-0.4, -0.2) is 25.9 Å². The monoisotopic (exact) mass is 301 g/mol. The third-order valence-electron chi connectivity index (χ3n) is 2.46. The zero-order chi connectivity index (χ0) is 12.8. The van der Waals surface area contributed by atoms with E-state index in [9.17, 15) is 0 Å². The second-order valence-corrected chi connectivity index (χ2v) is 5.12. The van der Waals surface area contributed by atoms with Crippen molar-refractivity contribution in [2.24, 2.45) is 5.73 Å². The Kier molecular flexibility index (Phi) is 5.95. The van der Waals surface area contributed by atoms with Crippen LogP contribution in [0.2, 0.25) is 0 Å². The Morgan fingerprint density at radius 1 is 1.35 bits per heavy atom. The summed E-state index contributed by atoms with van der Waals surface area (Å²) in [7, 11) is 1.68. The molecular formula is C13H20BrNO2. The average Bonchev–Trinajstić information content (AvgIpc) is 2.27. The minimum Gasteiger partial charge on any atom is -0.489 e. The molecule has 0 radical (unpaired) electrons. The number of hydrogen-bond donors (Lipinski definition) is 1. The number of hydrogen-bond acceptors (Lipinski definition) is 3. The van der Waals surface area contributed by atoms with Crippen LogP contribution >= 0.6 is 15.9 Å². The fourth-order valence-electron chi connectivity index (χ4n) is 1.49. The summed E-state index contributed by atoms with van der Waals surface area (Å²) in [5, 5.41) is 0. The Labute approximate surface area is 111 Å². The summed E-state index contributed by atoms with van der Waals surface area (Å²) in [5.74, 6) is 0.869. The van der Waals surface area contributed by atoms with E-state index in [1.165, 1.54) is 0 Å². The van der Waals surface area contributed by atoms with Crippen LogP contribution in [0.25, 0.3) is 0 Å². The zero-order valence-corrected chi connectivity index (χ0v) is 12.2. The van der Waals surface area contributed by atoms with Crippen LogP contribution in [0.4, 0.5) is 0 Å². The van der Waals surface area contributed by atoms with Crippen LogP contribution in [0.5, 0.6) is 5.75 Å². The van der Waals surface area contributed by atoms with E-state index in [-0.39, 0.29) is 12.1 Å². The van der Waals surface area contributed by atoms with Crippen molar-refractivity contribution >= 4 is 15.9 Å². The molecule has 0 fully saturated rings. The van der Waals surface area contributed by atoms with Crippen molar-refractivity contribution in [1.29, 1.82) is 0 Å². The number of ether oxygens (including phenoxy) is 2. The summed E-state index contributed by atoms with van der Waals surface area (Å²) in [6.45, 7) is 4.50. The SMILES string of the molecule is COC(C)COc1c(Br)cccc1CC(C)N. The van der Waals surface area contributed by atoms with Gasteiger partial charge < -0.3 is 15.2 Å². The Morgan fingerprint density at radius 2 is 2.06 bits per heavy atom. The first kappa shape index (κ1) is 14.5. The molecule has 0 aliphatic rings.